The number of aromatic amines is 1. The van der Waals surface area contributed by atoms with Crippen LogP contribution in [-0.2, 0) is 4.57 Å². The summed E-state index contributed by atoms with van der Waals surface area (Å²) in [6, 6.07) is 11.0. The van der Waals surface area contributed by atoms with Crippen LogP contribution in [-0.4, -0.2) is 14.8 Å². The monoisotopic (exact) mass is 432 g/mol. The minimum atomic E-state index is -4.55. The predicted octanol–water partition coefficient (Wildman–Crippen LogP) is 4.63. The summed E-state index contributed by atoms with van der Waals surface area (Å²) in [6.07, 6.45) is 1.37. The molecule has 1 aromatic heterocycles. The molecule has 0 saturated heterocycles. The number of halogens is 2. The van der Waals surface area contributed by atoms with E-state index in [0.29, 0.717) is 20.4 Å². The minimum absolute atomic E-state index is 0.0840. The zero-order valence-corrected chi connectivity index (χ0v) is 15.8. The molecule has 0 fully saturated rings. The molecule has 1 heterocycles. The highest BCUT2D eigenvalue weighted by molar-refractivity contribution is 9.10. The van der Waals surface area contributed by atoms with Crippen LogP contribution in [0.5, 0.6) is 5.75 Å². The van der Waals surface area contributed by atoms with E-state index in [2.05, 4.69) is 25.4 Å². The molecule has 6 nitrogen and oxygen atoms in total. The number of benzene rings is 2. The fourth-order valence-electron chi connectivity index (χ4n) is 1.86. The summed E-state index contributed by atoms with van der Waals surface area (Å²) in [5.41, 5.74) is 8.14. The van der Waals surface area contributed by atoms with Crippen molar-refractivity contribution in [3.63, 3.8) is 0 Å². The van der Waals surface area contributed by atoms with Crippen molar-refractivity contribution < 1.29 is 18.9 Å². The van der Waals surface area contributed by atoms with Gasteiger partial charge in [0.05, 0.1) is 10.5 Å². The summed E-state index contributed by atoms with van der Waals surface area (Å²) in [7, 11) is -4.55. The lowest BCUT2D eigenvalue weighted by Gasteiger charge is -2.05. The fraction of sp³-hybridized carbons (Fsp3) is 0.0667. The van der Waals surface area contributed by atoms with Crippen LogP contribution >= 0.6 is 35.4 Å². The average molecular weight is 434 g/mol. The van der Waals surface area contributed by atoms with E-state index in [4.69, 9.17) is 27.1 Å². The molecule has 3 rings (SSSR count). The molecule has 0 amide bonds. The molecule has 5 N–H and O–H groups in total. The molecule has 0 unspecified atom stereocenters. The molecular formula is C15H15BrClN2O4P. The van der Waals surface area contributed by atoms with E-state index in [1.54, 1.807) is 12.1 Å². The fourth-order valence-corrected chi connectivity index (χ4v) is 2.78. The molecule has 128 valence electrons. The highest BCUT2D eigenvalue weighted by Gasteiger charge is 2.19. The molecule has 2 aromatic carbocycles. The second-order valence-corrected chi connectivity index (χ2v) is 7.38. The van der Waals surface area contributed by atoms with Gasteiger partial charge < -0.3 is 15.2 Å². The molecule has 0 aliphatic heterocycles. The van der Waals surface area contributed by atoms with Crippen molar-refractivity contribution in [3.8, 4) is 5.75 Å². The second kappa shape index (κ2) is 7.59. The Balaban J connectivity index is 0.000000219. The van der Waals surface area contributed by atoms with Crippen molar-refractivity contribution in [2.75, 3.05) is 5.73 Å². The molecule has 9 heteroatoms. The molecule has 0 aliphatic carbocycles. The zero-order chi connectivity index (χ0) is 17.9. The minimum Gasteiger partial charge on any atom is -0.402 e. The number of hydrogen-bond donors (Lipinski definition) is 4. The van der Waals surface area contributed by atoms with Gasteiger partial charge in [0.25, 0.3) is 0 Å². The number of nitrogen functional groups attached to an aromatic ring is 1. The van der Waals surface area contributed by atoms with Gasteiger partial charge >= 0.3 is 7.82 Å². The number of aryl methyl sites for hydroxylation is 1. The highest BCUT2D eigenvalue weighted by Crippen LogP contribution is 2.42. The van der Waals surface area contributed by atoms with Crippen molar-refractivity contribution in [1.29, 1.82) is 0 Å². The van der Waals surface area contributed by atoms with Crippen molar-refractivity contribution in [3.05, 3.63) is 57.7 Å². The van der Waals surface area contributed by atoms with Crippen LogP contribution in [0.4, 0.5) is 5.69 Å². The summed E-state index contributed by atoms with van der Waals surface area (Å²) >= 11 is 9.09. The number of nitrogens with one attached hydrogen (secondary N) is 1. The van der Waals surface area contributed by atoms with Crippen LogP contribution in [0.2, 0.25) is 5.02 Å². The van der Waals surface area contributed by atoms with E-state index in [1.807, 2.05) is 31.2 Å². The van der Waals surface area contributed by atoms with E-state index in [9.17, 15) is 4.57 Å². The van der Waals surface area contributed by atoms with Crippen LogP contribution in [0.1, 0.15) is 5.56 Å². The molecule has 24 heavy (non-hydrogen) atoms. The van der Waals surface area contributed by atoms with Crippen molar-refractivity contribution in [1.82, 2.24) is 4.98 Å². The summed E-state index contributed by atoms with van der Waals surface area (Å²) in [5.74, 6) is 0.0840. The van der Waals surface area contributed by atoms with Crippen molar-refractivity contribution in [2.45, 2.75) is 6.92 Å². The van der Waals surface area contributed by atoms with E-state index in [1.165, 1.54) is 11.8 Å². The van der Waals surface area contributed by atoms with Gasteiger partial charge in [0.15, 0.2) is 5.75 Å². The quantitative estimate of drug-likeness (QED) is 0.348. The van der Waals surface area contributed by atoms with Crippen LogP contribution in [0, 0.1) is 6.92 Å². The van der Waals surface area contributed by atoms with E-state index < -0.39 is 7.82 Å². The number of nitrogens with two attached hydrogens (primary N) is 1. The first-order valence-electron chi connectivity index (χ1n) is 6.69. The summed E-state index contributed by atoms with van der Waals surface area (Å²) < 4.78 is 15.9. The second-order valence-electron chi connectivity index (χ2n) is 4.96. The number of anilines is 1. The van der Waals surface area contributed by atoms with Crippen molar-refractivity contribution >= 4 is 51.9 Å². The van der Waals surface area contributed by atoms with Crippen LogP contribution in [0.15, 0.2) is 47.1 Å². The lowest BCUT2D eigenvalue weighted by atomic mass is 10.2. The first-order valence-corrected chi connectivity index (χ1v) is 9.39. The number of rotatable bonds is 2. The number of aromatic nitrogens is 1. The van der Waals surface area contributed by atoms with Gasteiger partial charge in [-0.2, -0.15) is 0 Å². The maximum Gasteiger partial charge on any atom is 0.524 e. The van der Waals surface area contributed by atoms with Gasteiger partial charge in [-0.3, -0.25) is 9.79 Å². The van der Waals surface area contributed by atoms with Gasteiger partial charge in [0.1, 0.15) is 0 Å². The largest absolute Gasteiger partial charge is 0.524 e. The predicted molar refractivity (Wildman–Crippen MR) is 99.3 cm³/mol. The summed E-state index contributed by atoms with van der Waals surface area (Å²) in [6.45, 7) is 2.04. The molecule has 0 spiro atoms. The molecular weight excluding hydrogens is 419 g/mol. The van der Waals surface area contributed by atoms with Crippen LogP contribution in [0.3, 0.4) is 0 Å². The smallest absolute Gasteiger partial charge is 0.402 e. The van der Waals surface area contributed by atoms with Gasteiger partial charge in [-0.05, 0) is 47.1 Å². The van der Waals surface area contributed by atoms with Gasteiger partial charge in [-0.25, -0.2) is 4.57 Å². The maximum absolute atomic E-state index is 10.7. The zero-order valence-electron chi connectivity index (χ0n) is 12.5. The Morgan fingerprint density at radius 2 is 1.88 bits per heavy atom. The molecule has 0 saturated carbocycles. The van der Waals surface area contributed by atoms with Crippen LogP contribution < -0.4 is 10.3 Å². The molecule has 0 bridgehead atoms. The summed E-state index contributed by atoms with van der Waals surface area (Å²) in [5, 5.41) is 1.04. The Labute approximate surface area is 152 Å². The SMILES string of the molecule is Cc1ccc(N)cc1.O=P(O)(O)Oc1c[nH]c2cc(Cl)c(Br)cc12. The van der Waals surface area contributed by atoms with Gasteiger partial charge in [0.2, 0.25) is 0 Å². The van der Waals surface area contributed by atoms with E-state index in [0.717, 1.165) is 5.69 Å². The van der Waals surface area contributed by atoms with Crippen LogP contribution in [0.25, 0.3) is 10.9 Å². The maximum atomic E-state index is 10.7. The number of fused-ring (bicyclic) bond motifs is 1. The topological polar surface area (TPSA) is 109 Å². The standard InChI is InChI=1S/C8H6BrClNO4P.C7H9N/c9-5-1-4-7(2-6(5)10)11-3-8(4)15-16(12,13)14;1-6-2-4-7(8)5-3-6/h1-3,11H,(H2,12,13,14);2-5H,8H2,1H3. The number of phosphoric acid groups is 1. The normalized spacial score (nSPS) is 11.0. The first kappa shape index (κ1) is 18.8. The third-order valence-corrected chi connectivity index (χ3v) is 4.61. The lowest BCUT2D eigenvalue weighted by Crippen LogP contribution is -1.88. The number of H-pyrrole nitrogens is 1. The van der Waals surface area contributed by atoms with E-state index >= 15 is 0 Å². The number of hydrogen-bond acceptors (Lipinski definition) is 3. The molecule has 3 aromatic rings. The Morgan fingerprint density at radius 3 is 2.42 bits per heavy atom. The molecule has 0 radical (unpaired) electrons. The first-order chi connectivity index (χ1) is 11.2. The Bertz CT molecular complexity index is 871. The Morgan fingerprint density at radius 1 is 1.25 bits per heavy atom. The Hall–Kier alpha value is -1.50. The molecule has 0 aliphatic rings. The van der Waals surface area contributed by atoms with Gasteiger partial charge in [-0.1, -0.05) is 29.3 Å². The van der Waals surface area contributed by atoms with Gasteiger partial charge in [0, 0.05) is 21.7 Å². The number of phosphoric ester groups is 1. The molecule has 0 atom stereocenters. The lowest BCUT2D eigenvalue weighted by molar-refractivity contribution is 0.284. The van der Waals surface area contributed by atoms with Crippen molar-refractivity contribution in [2.24, 2.45) is 0 Å². The summed E-state index contributed by atoms with van der Waals surface area (Å²) in [4.78, 5) is 20.2. The third kappa shape index (κ3) is 5.26. The Kier molecular flexibility index (Phi) is 5.96. The van der Waals surface area contributed by atoms with Gasteiger partial charge in [-0.15, -0.1) is 0 Å². The average Bonchev–Trinajstić information content (AvgIpc) is 2.84. The third-order valence-electron chi connectivity index (χ3n) is 2.98. The van der Waals surface area contributed by atoms with E-state index in [-0.39, 0.29) is 5.75 Å². The highest BCUT2D eigenvalue weighted by atomic mass is 79.9.